The average Bonchev–Trinajstić information content (AvgIpc) is 2.90. The molecule has 1 aromatic carbocycles. The lowest BCUT2D eigenvalue weighted by Crippen LogP contribution is -2.18. The molecule has 0 radical (unpaired) electrons. The van der Waals surface area contributed by atoms with Gasteiger partial charge in [0.1, 0.15) is 17.1 Å². The first-order chi connectivity index (χ1) is 10.4. The molecular formula is C14H15N3O5. The van der Waals surface area contributed by atoms with Crippen molar-refractivity contribution in [2.24, 2.45) is 0 Å². The number of anilines is 1. The molecule has 2 rings (SSSR count). The number of aromatic nitrogens is 1. The average molecular weight is 305 g/mol. The normalized spacial score (nSPS) is 10.3. The molecule has 1 aromatic heterocycles. The fraction of sp³-hybridized carbons (Fsp3) is 0.286. The van der Waals surface area contributed by atoms with Gasteiger partial charge in [0.2, 0.25) is 0 Å². The Balaban J connectivity index is 2.36. The molecule has 0 aliphatic rings. The molecule has 22 heavy (non-hydrogen) atoms. The third kappa shape index (κ3) is 3.22. The van der Waals surface area contributed by atoms with E-state index < -0.39 is 10.9 Å². The molecule has 0 fully saturated rings. The quantitative estimate of drug-likeness (QED) is 0.475. The number of ether oxygens (including phenoxy) is 1. The van der Waals surface area contributed by atoms with Crippen LogP contribution in [0.5, 0.6) is 0 Å². The van der Waals surface area contributed by atoms with Gasteiger partial charge in [-0.25, -0.2) is 4.79 Å². The molecular weight excluding hydrogens is 290 g/mol. The van der Waals surface area contributed by atoms with Crippen LogP contribution in [0.2, 0.25) is 0 Å². The zero-order chi connectivity index (χ0) is 16.3. The number of esters is 1. The van der Waals surface area contributed by atoms with E-state index in [4.69, 9.17) is 4.52 Å². The van der Waals surface area contributed by atoms with Crippen LogP contribution in [0.15, 0.2) is 28.8 Å². The molecule has 0 spiro atoms. The molecule has 8 heteroatoms. The van der Waals surface area contributed by atoms with Crippen molar-refractivity contribution in [3.05, 3.63) is 51.4 Å². The summed E-state index contributed by atoms with van der Waals surface area (Å²) in [6, 6.07) is 5.82. The van der Waals surface area contributed by atoms with Gasteiger partial charge in [0.05, 0.1) is 24.1 Å². The Bertz CT molecular complexity index is 710. The summed E-state index contributed by atoms with van der Waals surface area (Å²) < 4.78 is 9.61. The minimum Gasteiger partial charge on any atom is -0.465 e. The lowest BCUT2D eigenvalue weighted by molar-refractivity contribution is -0.384. The molecule has 0 saturated carbocycles. The molecule has 0 unspecified atom stereocenters. The second-order valence-corrected chi connectivity index (χ2v) is 4.74. The molecule has 0 bridgehead atoms. The van der Waals surface area contributed by atoms with Crippen molar-refractivity contribution in [2.45, 2.75) is 13.5 Å². The number of aryl methyl sites for hydroxylation is 1. The molecule has 0 saturated heterocycles. The first-order valence-electron chi connectivity index (χ1n) is 6.42. The summed E-state index contributed by atoms with van der Waals surface area (Å²) in [5, 5.41) is 15.0. The summed E-state index contributed by atoms with van der Waals surface area (Å²) in [6.07, 6.45) is 0. The van der Waals surface area contributed by atoms with Crippen LogP contribution in [0, 0.1) is 17.0 Å². The summed E-state index contributed by atoms with van der Waals surface area (Å²) in [7, 11) is 2.93. The van der Waals surface area contributed by atoms with Crippen LogP contribution < -0.4 is 4.90 Å². The van der Waals surface area contributed by atoms with Gasteiger partial charge in [-0.1, -0.05) is 5.16 Å². The fourth-order valence-electron chi connectivity index (χ4n) is 2.05. The molecule has 116 valence electrons. The second-order valence-electron chi connectivity index (χ2n) is 4.74. The van der Waals surface area contributed by atoms with Crippen molar-refractivity contribution < 1.29 is 19.0 Å². The van der Waals surface area contributed by atoms with Gasteiger partial charge in [-0.3, -0.25) is 10.1 Å². The summed E-state index contributed by atoms with van der Waals surface area (Å²) >= 11 is 0. The van der Waals surface area contributed by atoms with E-state index in [-0.39, 0.29) is 11.3 Å². The SMILES string of the molecule is COC(=O)c1ccc([N+](=O)[O-])c(N(C)Cc2cc(C)on2)c1. The van der Waals surface area contributed by atoms with E-state index in [0.717, 1.165) is 0 Å². The van der Waals surface area contributed by atoms with Gasteiger partial charge >= 0.3 is 5.97 Å². The van der Waals surface area contributed by atoms with Crippen molar-refractivity contribution in [1.82, 2.24) is 5.16 Å². The molecule has 0 amide bonds. The fourth-order valence-corrected chi connectivity index (χ4v) is 2.05. The third-order valence-corrected chi connectivity index (χ3v) is 3.08. The van der Waals surface area contributed by atoms with Gasteiger partial charge in [0.15, 0.2) is 0 Å². The minimum atomic E-state index is -0.554. The van der Waals surface area contributed by atoms with Crippen LogP contribution in [0.1, 0.15) is 21.8 Å². The van der Waals surface area contributed by atoms with Gasteiger partial charge in [-0.2, -0.15) is 0 Å². The van der Waals surface area contributed by atoms with Gasteiger partial charge < -0.3 is 14.2 Å². The number of nitro benzene ring substituents is 1. The van der Waals surface area contributed by atoms with Crippen LogP contribution in [0.4, 0.5) is 11.4 Å². The van der Waals surface area contributed by atoms with Crippen molar-refractivity contribution in [3.63, 3.8) is 0 Å². The number of methoxy groups -OCH3 is 1. The summed E-state index contributed by atoms with van der Waals surface area (Å²) in [6.45, 7) is 2.07. The van der Waals surface area contributed by atoms with E-state index in [9.17, 15) is 14.9 Å². The van der Waals surface area contributed by atoms with Crippen molar-refractivity contribution in [1.29, 1.82) is 0 Å². The number of carbonyl (C=O) groups is 1. The van der Waals surface area contributed by atoms with Gasteiger partial charge in [-0.15, -0.1) is 0 Å². The minimum absolute atomic E-state index is 0.102. The maximum Gasteiger partial charge on any atom is 0.337 e. The van der Waals surface area contributed by atoms with Crippen LogP contribution in [-0.2, 0) is 11.3 Å². The second kappa shape index (κ2) is 6.25. The first-order valence-corrected chi connectivity index (χ1v) is 6.42. The topological polar surface area (TPSA) is 98.7 Å². The molecule has 0 atom stereocenters. The Kier molecular flexibility index (Phi) is 4.40. The van der Waals surface area contributed by atoms with Crippen LogP contribution in [0.25, 0.3) is 0 Å². The highest BCUT2D eigenvalue weighted by Gasteiger charge is 2.20. The highest BCUT2D eigenvalue weighted by atomic mass is 16.6. The van der Waals surface area contributed by atoms with E-state index in [1.807, 2.05) is 0 Å². The van der Waals surface area contributed by atoms with Gasteiger partial charge in [0.25, 0.3) is 5.69 Å². The van der Waals surface area contributed by atoms with E-state index in [1.165, 1.54) is 25.3 Å². The predicted octanol–water partition coefficient (Wildman–Crippen LogP) is 2.31. The van der Waals surface area contributed by atoms with Crippen LogP contribution in [-0.4, -0.2) is 30.2 Å². The summed E-state index contributed by atoms with van der Waals surface area (Å²) in [4.78, 5) is 23.9. The number of nitrogens with zero attached hydrogens (tertiary/aromatic N) is 3. The Labute approximate surface area is 126 Å². The monoisotopic (exact) mass is 305 g/mol. The van der Waals surface area contributed by atoms with E-state index >= 15 is 0 Å². The van der Waals surface area contributed by atoms with Gasteiger partial charge in [-0.05, 0) is 19.1 Å². The Morgan fingerprint density at radius 3 is 2.73 bits per heavy atom. The molecule has 0 N–H and O–H groups in total. The van der Waals surface area contributed by atoms with E-state index in [0.29, 0.717) is 23.7 Å². The van der Waals surface area contributed by atoms with Crippen LogP contribution in [0.3, 0.4) is 0 Å². The molecule has 0 aliphatic carbocycles. The number of hydrogen-bond acceptors (Lipinski definition) is 7. The predicted molar refractivity (Wildman–Crippen MR) is 77.8 cm³/mol. The Hall–Kier alpha value is -2.90. The smallest absolute Gasteiger partial charge is 0.337 e. The van der Waals surface area contributed by atoms with E-state index in [1.54, 1.807) is 24.9 Å². The Morgan fingerprint density at radius 2 is 2.18 bits per heavy atom. The molecule has 1 heterocycles. The molecule has 8 nitrogen and oxygen atoms in total. The number of benzene rings is 1. The highest BCUT2D eigenvalue weighted by Crippen LogP contribution is 2.29. The first kappa shape index (κ1) is 15.5. The largest absolute Gasteiger partial charge is 0.465 e. The van der Waals surface area contributed by atoms with Crippen LogP contribution >= 0.6 is 0 Å². The molecule has 0 aliphatic heterocycles. The lowest BCUT2D eigenvalue weighted by Gasteiger charge is -2.18. The molecule has 2 aromatic rings. The standard InChI is InChI=1S/C14H15N3O5/c1-9-6-11(15-22-9)8-16(2)13-7-10(14(18)21-3)4-5-12(13)17(19)20/h4-7H,8H2,1-3H3. The van der Waals surface area contributed by atoms with Crippen molar-refractivity contribution in [2.75, 3.05) is 19.1 Å². The maximum absolute atomic E-state index is 11.6. The zero-order valence-corrected chi connectivity index (χ0v) is 12.4. The number of carbonyl (C=O) groups excluding carboxylic acids is 1. The van der Waals surface area contributed by atoms with Gasteiger partial charge in [0, 0.05) is 19.2 Å². The van der Waals surface area contributed by atoms with Crippen molar-refractivity contribution in [3.8, 4) is 0 Å². The number of rotatable bonds is 5. The maximum atomic E-state index is 11.6. The summed E-state index contributed by atoms with van der Waals surface area (Å²) in [5.41, 5.74) is 1.08. The number of hydrogen-bond donors (Lipinski definition) is 0. The summed E-state index contributed by atoms with van der Waals surface area (Å²) in [5.74, 6) is 0.100. The highest BCUT2D eigenvalue weighted by molar-refractivity contribution is 5.91. The third-order valence-electron chi connectivity index (χ3n) is 3.08. The number of nitro groups is 1. The zero-order valence-electron chi connectivity index (χ0n) is 12.4. The lowest BCUT2D eigenvalue weighted by atomic mass is 10.1. The van der Waals surface area contributed by atoms with Crippen molar-refractivity contribution >= 4 is 17.3 Å². The van der Waals surface area contributed by atoms with E-state index in [2.05, 4.69) is 9.89 Å². The Morgan fingerprint density at radius 1 is 1.45 bits per heavy atom.